The monoisotopic (exact) mass is 427 g/mol. The summed E-state index contributed by atoms with van der Waals surface area (Å²) in [6, 6.07) is 13.6. The van der Waals surface area contributed by atoms with E-state index in [-0.39, 0.29) is 11.9 Å². The number of aromatic nitrogens is 6. The van der Waals surface area contributed by atoms with Crippen LogP contribution in [0.5, 0.6) is 0 Å². The van der Waals surface area contributed by atoms with Gasteiger partial charge in [-0.3, -0.25) is 14.8 Å². The molecule has 2 aromatic carbocycles. The van der Waals surface area contributed by atoms with Crippen molar-refractivity contribution in [1.82, 2.24) is 35.5 Å². The molecule has 8 nitrogen and oxygen atoms in total. The quantitative estimate of drug-likeness (QED) is 0.481. The molecule has 1 amide bonds. The first-order valence-corrected chi connectivity index (χ1v) is 10.6. The number of hydrogen-bond donors (Lipinski definition) is 1. The van der Waals surface area contributed by atoms with Crippen LogP contribution in [0.1, 0.15) is 53.7 Å². The number of nitrogens with one attached hydrogen (secondary N) is 1. The van der Waals surface area contributed by atoms with Gasteiger partial charge in [0.2, 0.25) is 0 Å². The van der Waals surface area contributed by atoms with Crippen molar-refractivity contribution in [3.63, 3.8) is 0 Å². The molecular formula is C24H25N7O. The summed E-state index contributed by atoms with van der Waals surface area (Å²) in [5.41, 5.74) is 5.06. The van der Waals surface area contributed by atoms with E-state index in [1.54, 1.807) is 23.3 Å². The summed E-state index contributed by atoms with van der Waals surface area (Å²) in [5.74, 6) is 0.552. The van der Waals surface area contributed by atoms with Crippen LogP contribution in [0.15, 0.2) is 61.1 Å². The largest absolute Gasteiger partial charge is 0.344 e. The van der Waals surface area contributed by atoms with E-state index in [4.69, 9.17) is 0 Å². The zero-order chi connectivity index (χ0) is 22.5. The van der Waals surface area contributed by atoms with Gasteiger partial charge in [-0.1, -0.05) is 36.8 Å². The van der Waals surface area contributed by atoms with Crippen LogP contribution in [0.3, 0.4) is 0 Å². The molecule has 162 valence electrons. The van der Waals surface area contributed by atoms with Gasteiger partial charge in [0.15, 0.2) is 5.82 Å². The third-order valence-corrected chi connectivity index (χ3v) is 5.19. The lowest BCUT2D eigenvalue weighted by molar-refractivity contribution is 0.0939. The van der Waals surface area contributed by atoms with Crippen LogP contribution in [0, 0.1) is 6.92 Å². The maximum absolute atomic E-state index is 13.2. The molecule has 4 rings (SSSR count). The molecule has 0 aliphatic rings. The zero-order valence-corrected chi connectivity index (χ0v) is 18.4. The standard InChI is InChI=1S/C24H25N7O/c1-4-5-23-28-29-30-31(23)21-13-19(18-8-6-16(2)7-9-18)12-20(14-21)24(32)27-17(3)22-15-25-10-11-26-22/h6-15,17H,4-5H2,1-3H3,(H,27,32). The summed E-state index contributed by atoms with van der Waals surface area (Å²) in [4.78, 5) is 21.5. The van der Waals surface area contributed by atoms with Crippen molar-refractivity contribution >= 4 is 5.91 Å². The maximum atomic E-state index is 13.2. The Bertz CT molecular complexity index is 1200. The highest BCUT2D eigenvalue weighted by atomic mass is 16.1. The van der Waals surface area contributed by atoms with E-state index in [1.807, 2.05) is 44.2 Å². The van der Waals surface area contributed by atoms with E-state index in [1.165, 1.54) is 5.56 Å². The van der Waals surface area contributed by atoms with Gasteiger partial charge in [-0.15, -0.1) is 5.10 Å². The van der Waals surface area contributed by atoms with Crippen LogP contribution in [0.2, 0.25) is 0 Å². The molecule has 8 heteroatoms. The molecule has 0 saturated carbocycles. The molecule has 1 N–H and O–H groups in total. The number of aryl methyl sites for hydroxylation is 2. The van der Waals surface area contributed by atoms with Crippen molar-refractivity contribution in [2.24, 2.45) is 0 Å². The van der Waals surface area contributed by atoms with Crippen molar-refractivity contribution in [2.45, 2.75) is 39.7 Å². The minimum atomic E-state index is -0.286. The third kappa shape index (κ3) is 4.69. The van der Waals surface area contributed by atoms with Crippen molar-refractivity contribution in [2.75, 3.05) is 0 Å². The summed E-state index contributed by atoms with van der Waals surface area (Å²) in [5, 5.41) is 15.2. The zero-order valence-electron chi connectivity index (χ0n) is 18.4. The molecule has 1 atom stereocenters. The fraction of sp³-hybridized carbons (Fsp3) is 0.250. The SMILES string of the molecule is CCCc1nnnn1-c1cc(C(=O)NC(C)c2cnccn2)cc(-c2ccc(C)cc2)c1. The molecule has 32 heavy (non-hydrogen) atoms. The summed E-state index contributed by atoms with van der Waals surface area (Å²) in [6.07, 6.45) is 6.53. The van der Waals surface area contributed by atoms with E-state index < -0.39 is 0 Å². The lowest BCUT2D eigenvalue weighted by Gasteiger charge is -2.15. The molecule has 0 bridgehead atoms. The number of nitrogens with zero attached hydrogens (tertiary/aromatic N) is 6. The van der Waals surface area contributed by atoms with Crippen LogP contribution >= 0.6 is 0 Å². The van der Waals surface area contributed by atoms with Gasteiger partial charge in [-0.2, -0.15) is 4.68 Å². The van der Waals surface area contributed by atoms with Crippen molar-refractivity contribution < 1.29 is 4.79 Å². The van der Waals surface area contributed by atoms with Gasteiger partial charge in [0.05, 0.1) is 23.6 Å². The third-order valence-electron chi connectivity index (χ3n) is 5.19. The average Bonchev–Trinajstić information content (AvgIpc) is 3.28. The van der Waals surface area contributed by atoms with Gasteiger partial charge < -0.3 is 5.32 Å². The second-order valence-electron chi connectivity index (χ2n) is 7.72. The smallest absolute Gasteiger partial charge is 0.251 e. The van der Waals surface area contributed by atoms with Gasteiger partial charge in [-0.25, -0.2) is 0 Å². The van der Waals surface area contributed by atoms with Crippen molar-refractivity contribution in [1.29, 1.82) is 0 Å². The Labute approximate surface area is 186 Å². The van der Waals surface area contributed by atoms with E-state index in [0.29, 0.717) is 11.3 Å². The van der Waals surface area contributed by atoms with E-state index in [2.05, 4.69) is 49.9 Å². The van der Waals surface area contributed by atoms with Crippen molar-refractivity contribution in [3.8, 4) is 16.8 Å². The van der Waals surface area contributed by atoms with Crippen LogP contribution in [0.25, 0.3) is 16.8 Å². The molecule has 2 aromatic heterocycles. The maximum Gasteiger partial charge on any atom is 0.251 e. The predicted octanol–water partition coefficient (Wildman–Crippen LogP) is 3.87. The Morgan fingerprint density at radius 3 is 2.62 bits per heavy atom. The first kappa shape index (κ1) is 21.3. The Balaban J connectivity index is 1.73. The number of rotatable bonds is 7. The molecule has 0 radical (unpaired) electrons. The second-order valence-corrected chi connectivity index (χ2v) is 7.72. The highest BCUT2D eigenvalue weighted by Crippen LogP contribution is 2.25. The highest BCUT2D eigenvalue weighted by Gasteiger charge is 2.17. The van der Waals surface area contributed by atoms with Crippen molar-refractivity contribution in [3.05, 3.63) is 83.7 Å². The fourth-order valence-electron chi connectivity index (χ4n) is 3.45. The Kier molecular flexibility index (Phi) is 6.30. The van der Waals surface area contributed by atoms with Gasteiger partial charge in [0, 0.05) is 24.4 Å². The van der Waals surface area contributed by atoms with Crippen LogP contribution in [-0.4, -0.2) is 36.1 Å². The summed E-state index contributed by atoms with van der Waals surface area (Å²) >= 11 is 0. The van der Waals surface area contributed by atoms with Crippen LogP contribution < -0.4 is 5.32 Å². The summed E-state index contributed by atoms with van der Waals surface area (Å²) < 4.78 is 1.70. The second kappa shape index (κ2) is 9.47. The molecule has 4 aromatic rings. The van der Waals surface area contributed by atoms with E-state index in [0.717, 1.165) is 35.5 Å². The number of carbonyl (C=O) groups is 1. The Hall–Kier alpha value is -3.94. The van der Waals surface area contributed by atoms with Gasteiger partial charge in [-0.05, 0) is 60.0 Å². The number of benzene rings is 2. The normalized spacial score (nSPS) is 11.8. The first-order valence-electron chi connectivity index (χ1n) is 10.6. The Morgan fingerprint density at radius 2 is 1.91 bits per heavy atom. The fourth-order valence-corrected chi connectivity index (χ4v) is 3.45. The van der Waals surface area contributed by atoms with Gasteiger partial charge >= 0.3 is 0 Å². The minimum Gasteiger partial charge on any atom is -0.344 e. The number of hydrogen-bond acceptors (Lipinski definition) is 6. The summed E-state index contributed by atoms with van der Waals surface area (Å²) in [7, 11) is 0. The number of carbonyl (C=O) groups excluding carboxylic acids is 1. The van der Waals surface area contributed by atoms with Crippen LogP contribution in [0.4, 0.5) is 0 Å². The van der Waals surface area contributed by atoms with Gasteiger partial charge in [0.1, 0.15) is 0 Å². The molecule has 2 heterocycles. The molecule has 0 spiro atoms. The van der Waals surface area contributed by atoms with E-state index >= 15 is 0 Å². The van der Waals surface area contributed by atoms with E-state index in [9.17, 15) is 4.79 Å². The van der Waals surface area contributed by atoms with Crippen LogP contribution in [-0.2, 0) is 6.42 Å². The topological polar surface area (TPSA) is 98.5 Å². The van der Waals surface area contributed by atoms with Gasteiger partial charge in [0.25, 0.3) is 5.91 Å². The molecule has 0 saturated heterocycles. The highest BCUT2D eigenvalue weighted by molar-refractivity contribution is 5.96. The summed E-state index contributed by atoms with van der Waals surface area (Å²) in [6.45, 7) is 6.01. The molecule has 0 aliphatic carbocycles. The first-order chi connectivity index (χ1) is 15.5. The minimum absolute atomic E-state index is 0.205. The Morgan fingerprint density at radius 1 is 1.09 bits per heavy atom. The molecular weight excluding hydrogens is 402 g/mol. The molecule has 0 aliphatic heterocycles. The number of tetrazole rings is 1. The molecule has 0 fully saturated rings. The lowest BCUT2D eigenvalue weighted by atomic mass is 10.0. The average molecular weight is 428 g/mol. The lowest BCUT2D eigenvalue weighted by Crippen LogP contribution is -2.27. The predicted molar refractivity (Wildman–Crippen MR) is 121 cm³/mol. The molecule has 1 unspecified atom stereocenters. The number of amides is 1.